The second-order valence-corrected chi connectivity index (χ2v) is 8.25. The van der Waals surface area contributed by atoms with Crippen molar-refractivity contribution in [1.82, 2.24) is 14.9 Å². The summed E-state index contributed by atoms with van der Waals surface area (Å²) in [5, 5.41) is 3.14. The van der Waals surface area contributed by atoms with Crippen LogP contribution in [-0.4, -0.2) is 45.6 Å². The molecule has 2 aliphatic rings. The summed E-state index contributed by atoms with van der Waals surface area (Å²) in [5.41, 5.74) is 1.10. The first-order valence-corrected chi connectivity index (χ1v) is 10.5. The lowest BCUT2D eigenvalue weighted by atomic mass is 9.89. The number of anilines is 1. The Morgan fingerprint density at radius 3 is 2.50 bits per heavy atom. The summed E-state index contributed by atoms with van der Waals surface area (Å²) >= 11 is 1.19. The summed E-state index contributed by atoms with van der Waals surface area (Å²) < 4.78 is 0. The van der Waals surface area contributed by atoms with Gasteiger partial charge in [0.25, 0.3) is 5.91 Å². The van der Waals surface area contributed by atoms with Crippen LogP contribution in [0.5, 0.6) is 0 Å². The molecular formula is C20H22N4O3S. The second kappa shape index (κ2) is 8.18. The first kappa shape index (κ1) is 18.7. The molecule has 1 fully saturated rings. The van der Waals surface area contributed by atoms with Gasteiger partial charge in [0.1, 0.15) is 0 Å². The number of hydrogen-bond acceptors (Lipinski definition) is 6. The van der Waals surface area contributed by atoms with Crippen LogP contribution >= 0.6 is 11.3 Å². The maximum atomic E-state index is 12.9. The van der Waals surface area contributed by atoms with Crippen molar-refractivity contribution in [3.8, 4) is 0 Å². The monoisotopic (exact) mass is 398 g/mol. The minimum atomic E-state index is -0.344. The molecule has 4 rings (SSSR count). The normalized spacial score (nSPS) is 19.6. The molecule has 2 amide bonds. The Bertz CT molecular complexity index is 888. The van der Waals surface area contributed by atoms with Crippen LogP contribution in [0.25, 0.3) is 0 Å². The van der Waals surface area contributed by atoms with Crippen molar-refractivity contribution in [3.63, 3.8) is 0 Å². The van der Waals surface area contributed by atoms with Crippen LogP contribution < -0.4 is 5.32 Å². The molecule has 1 aliphatic carbocycles. The molecule has 2 aromatic heterocycles. The van der Waals surface area contributed by atoms with Crippen molar-refractivity contribution in [3.05, 3.63) is 40.7 Å². The molecule has 0 radical (unpaired) electrons. The van der Waals surface area contributed by atoms with E-state index in [-0.39, 0.29) is 29.9 Å². The highest BCUT2D eigenvalue weighted by Gasteiger charge is 2.35. The highest BCUT2D eigenvalue weighted by atomic mass is 32.1. The number of thiazole rings is 1. The fraction of sp³-hybridized carbons (Fsp3) is 0.450. The smallest absolute Gasteiger partial charge is 0.257 e. The number of nitrogens with zero attached hydrogens (tertiary/aromatic N) is 3. The van der Waals surface area contributed by atoms with Crippen LogP contribution in [0.2, 0.25) is 0 Å². The Labute approximate surface area is 167 Å². The average Bonchev–Trinajstić information content (AvgIpc) is 2.93. The number of pyridine rings is 1. The van der Waals surface area contributed by atoms with Crippen LogP contribution in [0.15, 0.2) is 24.5 Å². The van der Waals surface area contributed by atoms with E-state index in [4.69, 9.17) is 0 Å². The van der Waals surface area contributed by atoms with Gasteiger partial charge in [-0.05, 0) is 25.0 Å². The van der Waals surface area contributed by atoms with Gasteiger partial charge in [0.15, 0.2) is 10.9 Å². The van der Waals surface area contributed by atoms with E-state index in [0.717, 1.165) is 38.8 Å². The number of hydrogen-bond donors (Lipinski definition) is 1. The van der Waals surface area contributed by atoms with Crippen molar-refractivity contribution in [2.24, 2.45) is 5.92 Å². The summed E-state index contributed by atoms with van der Waals surface area (Å²) in [7, 11) is 0. The summed E-state index contributed by atoms with van der Waals surface area (Å²) in [6.07, 6.45) is 8.14. The molecule has 1 aliphatic heterocycles. The van der Waals surface area contributed by atoms with E-state index < -0.39 is 0 Å². The van der Waals surface area contributed by atoms with E-state index in [1.54, 1.807) is 24.5 Å². The number of nitrogens with one attached hydrogen (secondary N) is 1. The van der Waals surface area contributed by atoms with Crippen LogP contribution in [0.4, 0.5) is 5.13 Å². The topological polar surface area (TPSA) is 92.3 Å². The minimum absolute atomic E-state index is 0.0590. The van der Waals surface area contributed by atoms with Crippen molar-refractivity contribution in [2.75, 3.05) is 18.4 Å². The lowest BCUT2D eigenvalue weighted by Crippen LogP contribution is -2.40. The van der Waals surface area contributed by atoms with E-state index in [0.29, 0.717) is 27.7 Å². The van der Waals surface area contributed by atoms with Crippen LogP contribution in [0.3, 0.4) is 0 Å². The predicted molar refractivity (Wildman–Crippen MR) is 105 cm³/mol. The van der Waals surface area contributed by atoms with E-state index in [2.05, 4.69) is 15.3 Å². The Morgan fingerprint density at radius 1 is 1.07 bits per heavy atom. The second-order valence-electron chi connectivity index (χ2n) is 7.25. The van der Waals surface area contributed by atoms with Gasteiger partial charge in [-0.2, -0.15) is 0 Å². The molecule has 0 spiro atoms. The first-order chi connectivity index (χ1) is 13.6. The molecule has 146 valence electrons. The molecule has 1 saturated heterocycles. The molecule has 8 heteroatoms. The van der Waals surface area contributed by atoms with E-state index >= 15 is 0 Å². The Balaban J connectivity index is 1.47. The molecule has 2 aromatic rings. The number of carbonyl (C=O) groups excluding carboxylic acids is 3. The number of aromatic nitrogens is 2. The molecule has 0 aromatic carbocycles. The van der Waals surface area contributed by atoms with Crippen LogP contribution in [-0.2, 0) is 11.2 Å². The maximum absolute atomic E-state index is 12.9. The zero-order valence-electron chi connectivity index (χ0n) is 15.5. The number of Topliss-reactive ketones (excluding diaryl/α,β-unsaturated/α-hetero) is 1. The van der Waals surface area contributed by atoms with Gasteiger partial charge in [-0.3, -0.25) is 24.7 Å². The van der Waals surface area contributed by atoms with E-state index in [1.807, 2.05) is 4.90 Å². The molecule has 28 heavy (non-hydrogen) atoms. The molecule has 0 unspecified atom stereocenters. The van der Waals surface area contributed by atoms with Gasteiger partial charge in [-0.15, -0.1) is 0 Å². The Hall–Kier alpha value is -2.61. The summed E-state index contributed by atoms with van der Waals surface area (Å²) in [5.74, 6) is -0.630. The maximum Gasteiger partial charge on any atom is 0.257 e. The third-order valence-corrected chi connectivity index (χ3v) is 6.31. The first-order valence-electron chi connectivity index (χ1n) is 9.65. The van der Waals surface area contributed by atoms with Crippen molar-refractivity contribution < 1.29 is 14.4 Å². The molecule has 7 nitrogen and oxygen atoms in total. The zero-order chi connectivity index (χ0) is 19.5. The third kappa shape index (κ3) is 3.96. The lowest BCUT2D eigenvalue weighted by Gasteiger charge is -2.27. The van der Waals surface area contributed by atoms with Crippen molar-refractivity contribution in [2.45, 2.75) is 38.5 Å². The van der Waals surface area contributed by atoms with Crippen molar-refractivity contribution in [1.29, 1.82) is 0 Å². The lowest BCUT2D eigenvalue weighted by molar-refractivity contribution is -0.135. The van der Waals surface area contributed by atoms with Gasteiger partial charge >= 0.3 is 0 Å². The number of amides is 2. The predicted octanol–water partition coefficient (Wildman–Crippen LogP) is 2.94. The number of rotatable bonds is 3. The van der Waals surface area contributed by atoms with Gasteiger partial charge in [0, 0.05) is 43.9 Å². The largest absolute Gasteiger partial charge is 0.342 e. The molecule has 3 heterocycles. The van der Waals surface area contributed by atoms with Crippen molar-refractivity contribution >= 4 is 34.1 Å². The van der Waals surface area contributed by atoms with Gasteiger partial charge in [-0.25, -0.2) is 4.98 Å². The quantitative estimate of drug-likeness (QED) is 0.858. The fourth-order valence-corrected chi connectivity index (χ4v) is 4.72. The zero-order valence-corrected chi connectivity index (χ0v) is 16.3. The summed E-state index contributed by atoms with van der Waals surface area (Å²) in [6.45, 7) is 1.56. The molecule has 0 saturated carbocycles. The van der Waals surface area contributed by atoms with Gasteiger partial charge in [0.2, 0.25) is 5.91 Å². The number of ketones is 1. The molecule has 0 bridgehead atoms. The standard InChI is InChI=1S/C20H22N4O3S/c25-16-12-14(19(27)24-9-3-1-2-4-10-24)11-15-17(16)28-20(22-15)23-18(26)13-5-7-21-8-6-13/h5-8,14H,1-4,9-12H2,(H,22,23,26)/t14-/m1/s1. The molecular weight excluding hydrogens is 376 g/mol. The fourth-order valence-electron chi connectivity index (χ4n) is 3.78. The molecule has 1 atom stereocenters. The van der Waals surface area contributed by atoms with Gasteiger partial charge in [-0.1, -0.05) is 24.2 Å². The van der Waals surface area contributed by atoms with Crippen LogP contribution in [0.1, 0.15) is 57.8 Å². The van der Waals surface area contributed by atoms with E-state index in [1.165, 1.54) is 11.3 Å². The number of fused-ring (bicyclic) bond motifs is 1. The number of likely N-dealkylation sites (tertiary alicyclic amines) is 1. The Kier molecular flexibility index (Phi) is 5.47. The average molecular weight is 398 g/mol. The van der Waals surface area contributed by atoms with Gasteiger partial charge < -0.3 is 4.90 Å². The highest BCUT2D eigenvalue weighted by molar-refractivity contribution is 7.17. The van der Waals surface area contributed by atoms with Gasteiger partial charge in [0.05, 0.1) is 16.5 Å². The Morgan fingerprint density at radius 2 is 1.79 bits per heavy atom. The number of carbonyl (C=O) groups is 3. The SMILES string of the molecule is O=C(Nc1nc2c(s1)C(=O)C[C@H](C(=O)N1CCCCCC1)C2)c1ccncc1. The summed E-state index contributed by atoms with van der Waals surface area (Å²) in [6, 6.07) is 3.23. The highest BCUT2D eigenvalue weighted by Crippen LogP contribution is 2.33. The minimum Gasteiger partial charge on any atom is -0.342 e. The molecule has 1 N–H and O–H groups in total. The third-order valence-electron chi connectivity index (χ3n) is 5.25. The van der Waals surface area contributed by atoms with E-state index in [9.17, 15) is 14.4 Å². The van der Waals surface area contributed by atoms with Crippen LogP contribution in [0, 0.1) is 5.92 Å². The summed E-state index contributed by atoms with van der Waals surface area (Å²) in [4.78, 5) is 48.6.